The van der Waals surface area contributed by atoms with E-state index in [2.05, 4.69) is 0 Å². The van der Waals surface area contributed by atoms with Crippen molar-refractivity contribution in [2.24, 2.45) is 0 Å². The van der Waals surface area contributed by atoms with Crippen molar-refractivity contribution in [2.75, 3.05) is 14.2 Å². The first-order valence-corrected chi connectivity index (χ1v) is 4.63. The lowest BCUT2D eigenvalue weighted by molar-refractivity contribution is 0.165. The lowest BCUT2D eigenvalue weighted by Crippen LogP contribution is -2.02. The number of rotatable bonds is 4. The summed E-state index contributed by atoms with van der Waals surface area (Å²) in [6.07, 6.45) is 0.0950. The predicted octanol–water partition coefficient (Wildman–Crippen LogP) is 2.15. The fourth-order valence-electron chi connectivity index (χ4n) is 1.41. The molecule has 78 valence electrons. The van der Waals surface area contributed by atoms with Gasteiger partial charge in [0.2, 0.25) is 0 Å². The van der Waals surface area contributed by atoms with Crippen molar-refractivity contribution in [3.63, 3.8) is 0 Å². The maximum atomic E-state index is 9.79. The minimum atomic E-state index is -0.541. The highest BCUT2D eigenvalue weighted by molar-refractivity contribution is 5.46. The zero-order chi connectivity index (χ0) is 10.6. The van der Waals surface area contributed by atoms with Crippen LogP contribution in [0.5, 0.6) is 11.5 Å². The Kier molecular flexibility index (Phi) is 3.77. The van der Waals surface area contributed by atoms with Crippen LogP contribution >= 0.6 is 0 Å². The monoisotopic (exact) mass is 196 g/mol. The molecule has 0 amide bonds. The summed E-state index contributed by atoms with van der Waals surface area (Å²) < 4.78 is 10.3. The molecule has 0 radical (unpaired) electrons. The number of aliphatic hydroxyl groups excluding tert-OH is 1. The maximum Gasteiger partial charge on any atom is 0.128 e. The van der Waals surface area contributed by atoms with Gasteiger partial charge in [0.1, 0.15) is 11.5 Å². The summed E-state index contributed by atoms with van der Waals surface area (Å²) in [5, 5.41) is 9.79. The van der Waals surface area contributed by atoms with E-state index in [1.807, 2.05) is 25.1 Å². The molecule has 0 saturated carbocycles. The first kappa shape index (κ1) is 10.9. The number of ether oxygens (including phenoxy) is 2. The van der Waals surface area contributed by atoms with E-state index in [-0.39, 0.29) is 0 Å². The topological polar surface area (TPSA) is 38.7 Å². The minimum Gasteiger partial charge on any atom is -0.496 e. The Bertz CT molecular complexity index is 274. The van der Waals surface area contributed by atoms with Gasteiger partial charge in [-0.2, -0.15) is 0 Å². The molecule has 3 heteroatoms. The molecule has 0 fully saturated rings. The van der Waals surface area contributed by atoms with Crippen molar-refractivity contribution in [3.8, 4) is 11.5 Å². The zero-order valence-corrected chi connectivity index (χ0v) is 8.78. The van der Waals surface area contributed by atoms with Gasteiger partial charge in [0.25, 0.3) is 0 Å². The highest BCUT2D eigenvalue weighted by Crippen LogP contribution is 2.35. The Morgan fingerprint density at radius 3 is 2.07 bits per heavy atom. The molecular weight excluding hydrogens is 180 g/mol. The van der Waals surface area contributed by atoms with Gasteiger partial charge in [0.15, 0.2) is 0 Å². The van der Waals surface area contributed by atoms with Crippen LogP contribution in [0.3, 0.4) is 0 Å². The summed E-state index contributed by atoms with van der Waals surface area (Å²) in [5.74, 6) is 1.33. The average Bonchev–Trinajstić information content (AvgIpc) is 2.26. The van der Waals surface area contributed by atoms with Gasteiger partial charge in [-0.1, -0.05) is 13.0 Å². The lowest BCUT2D eigenvalue weighted by atomic mass is 10.0. The number of benzene rings is 1. The molecule has 0 aromatic heterocycles. The molecule has 0 saturated heterocycles. The summed E-state index contributed by atoms with van der Waals surface area (Å²) in [7, 11) is 3.17. The second kappa shape index (κ2) is 4.86. The fourth-order valence-corrected chi connectivity index (χ4v) is 1.41. The van der Waals surface area contributed by atoms with Gasteiger partial charge < -0.3 is 14.6 Å². The molecule has 0 bridgehead atoms. The molecule has 0 spiro atoms. The van der Waals surface area contributed by atoms with Crippen molar-refractivity contribution in [2.45, 2.75) is 19.4 Å². The van der Waals surface area contributed by atoms with Crippen molar-refractivity contribution in [1.82, 2.24) is 0 Å². The van der Waals surface area contributed by atoms with Crippen LogP contribution in [-0.2, 0) is 0 Å². The Morgan fingerprint density at radius 1 is 1.21 bits per heavy atom. The van der Waals surface area contributed by atoms with Crippen molar-refractivity contribution >= 4 is 0 Å². The van der Waals surface area contributed by atoms with Crippen LogP contribution in [0, 0.1) is 0 Å². The molecule has 0 aliphatic carbocycles. The summed E-state index contributed by atoms with van der Waals surface area (Å²) in [4.78, 5) is 0. The standard InChI is InChI=1S/C11H16O3/c1-4-8(12)11-9(13-2)6-5-7-10(11)14-3/h5-8,12H,4H2,1-3H3. The molecule has 1 aromatic rings. The van der Waals surface area contributed by atoms with Crippen LogP contribution in [0.25, 0.3) is 0 Å². The van der Waals surface area contributed by atoms with Crippen LogP contribution in [0.1, 0.15) is 25.0 Å². The van der Waals surface area contributed by atoms with E-state index >= 15 is 0 Å². The Morgan fingerprint density at radius 2 is 1.71 bits per heavy atom. The summed E-state index contributed by atoms with van der Waals surface area (Å²) >= 11 is 0. The average molecular weight is 196 g/mol. The Hall–Kier alpha value is -1.22. The van der Waals surface area contributed by atoms with Crippen LogP contribution in [0.15, 0.2) is 18.2 Å². The fraction of sp³-hybridized carbons (Fsp3) is 0.455. The van der Waals surface area contributed by atoms with Gasteiger partial charge >= 0.3 is 0 Å². The van der Waals surface area contributed by atoms with Crippen molar-refractivity contribution in [3.05, 3.63) is 23.8 Å². The van der Waals surface area contributed by atoms with E-state index in [4.69, 9.17) is 9.47 Å². The SMILES string of the molecule is CCC(O)c1c(OC)cccc1OC. The maximum absolute atomic E-state index is 9.79. The minimum absolute atomic E-state index is 0.541. The predicted molar refractivity (Wildman–Crippen MR) is 54.8 cm³/mol. The first-order chi connectivity index (χ1) is 6.74. The third-order valence-corrected chi connectivity index (χ3v) is 2.19. The van der Waals surface area contributed by atoms with Gasteiger partial charge in [-0.3, -0.25) is 0 Å². The van der Waals surface area contributed by atoms with Crippen LogP contribution in [0.4, 0.5) is 0 Å². The number of methoxy groups -OCH3 is 2. The van der Waals surface area contributed by atoms with Crippen LogP contribution in [0.2, 0.25) is 0 Å². The smallest absolute Gasteiger partial charge is 0.128 e. The molecule has 0 aliphatic rings. The Labute approximate surface area is 84.3 Å². The van der Waals surface area contributed by atoms with Crippen molar-refractivity contribution in [1.29, 1.82) is 0 Å². The highest BCUT2D eigenvalue weighted by atomic mass is 16.5. The number of hydrogen-bond acceptors (Lipinski definition) is 3. The summed E-state index contributed by atoms with van der Waals surface area (Å²) in [6, 6.07) is 5.47. The lowest BCUT2D eigenvalue weighted by Gasteiger charge is -2.16. The molecule has 3 nitrogen and oxygen atoms in total. The highest BCUT2D eigenvalue weighted by Gasteiger charge is 2.16. The van der Waals surface area contributed by atoms with E-state index < -0.39 is 6.10 Å². The molecule has 1 atom stereocenters. The molecule has 1 N–H and O–H groups in total. The second-order valence-corrected chi connectivity index (χ2v) is 3.00. The zero-order valence-electron chi connectivity index (χ0n) is 8.78. The Balaban J connectivity index is 3.18. The molecular formula is C11H16O3. The van der Waals surface area contributed by atoms with Gasteiger partial charge in [0.05, 0.1) is 25.9 Å². The van der Waals surface area contributed by atoms with E-state index in [1.165, 1.54) is 0 Å². The van der Waals surface area contributed by atoms with E-state index in [1.54, 1.807) is 14.2 Å². The number of hydrogen-bond donors (Lipinski definition) is 1. The van der Waals surface area contributed by atoms with Crippen LogP contribution in [-0.4, -0.2) is 19.3 Å². The molecule has 14 heavy (non-hydrogen) atoms. The molecule has 0 aliphatic heterocycles. The van der Waals surface area contributed by atoms with Gasteiger partial charge in [-0.05, 0) is 18.6 Å². The summed E-state index contributed by atoms with van der Waals surface area (Å²) in [5.41, 5.74) is 0.722. The molecule has 1 aromatic carbocycles. The van der Waals surface area contributed by atoms with Gasteiger partial charge in [-0.25, -0.2) is 0 Å². The first-order valence-electron chi connectivity index (χ1n) is 4.63. The normalized spacial score (nSPS) is 12.3. The van der Waals surface area contributed by atoms with E-state index in [0.717, 1.165) is 5.56 Å². The van der Waals surface area contributed by atoms with Gasteiger partial charge in [0, 0.05) is 0 Å². The van der Waals surface area contributed by atoms with E-state index in [0.29, 0.717) is 17.9 Å². The van der Waals surface area contributed by atoms with Gasteiger partial charge in [-0.15, -0.1) is 0 Å². The van der Waals surface area contributed by atoms with E-state index in [9.17, 15) is 5.11 Å². The third kappa shape index (κ3) is 1.99. The second-order valence-electron chi connectivity index (χ2n) is 3.00. The molecule has 1 unspecified atom stereocenters. The largest absolute Gasteiger partial charge is 0.496 e. The quantitative estimate of drug-likeness (QED) is 0.801. The van der Waals surface area contributed by atoms with Crippen molar-refractivity contribution < 1.29 is 14.6 Å². The number of aliphatic hydroxyl groups is 1. The molecule has 1 rings (SSSR count). The third-order valence-electron chi connectivity index (χ3n) is 2.19. The molecule has 0 heterocycles. The van der Waals surface area contributed by atoms with Crippen LogP contribution < -0.4 is 9.47 Å². The summed E-state index contributed by atoms with van der Waals surface area (Å²) in [6.45, 7) is 1.91.